The molecule has 2 heterocycles. The van der Waals surface area contributed by atoms with E-state index in [1.807, 2.05) is 0 Å². The molecule has 128 valence electrons. The lowest BCUT2D eigenvalue weighted by molar-refractivity contribution is -0.143. The highest BCUT2D eigenvalue weighted by Gasteiger charge is 2.41. The highest BCUT2D eigenvalue weighted by Crippen LogP contribution is 2.34. The fourth-order valence-electron chi connectivity index (χ4n) is 2.80. The van der Waals surface area contributed by atoms with Crippen LogP contribution in [0.15, 0.2) is 30.5 Å². The molecule has 5 nitrogen and oxygen atoms in total. The lowest BCUT2D eigenvalue weighted by Crippen LogP contribution is -2.46. The maximum atomic E-state index is 13.6. The number of alkyl halides is 3. The van der Waals surface area contributed by atoms with Crippen molar-refractivity contribution in [1.82, 2.24) is 20.0 Å². The zero-order chi connectivity index (χ0) is 17.3. The molecule has 1 fully saturated rings. The second-order valence-electron chi connectivity index (χ2n) is 5.65. The van der Waals surface area contributed by atoms with Crippen molar-refractivity contribution in [1.29, 1.82) is 0 Å². The summed E-state index contributed by atoms with van der Waals surface area (Å²) in [6.45, 7) is 3.60. The number of halogens is 3. The van der Waals surface area contributed by atoms with E-state index in [-0.39, 0.29) is 0 Å². The molecule has 24 heavy (non-hydrogen) atoms. The van der Waals surface area contributed by atoms with Crippen molar-refractivity contribution in [3.05, 3.63) is 47.3 Å². The van der Waals surface area contributed by atoms with Crippen molar-refractivity contribution in [2.24, 2.45) is 0 Å². The minimum Gasteiger partial charge on any atom is -0.336 e. The van der Waals surface area contributed by atoms with E-state index >= 15 is 0 Å². The van der Waals surface area contributed by atoms with Crippen molar-refractivity contribution in [2.45, 2.75) is 13.1 Å². The molecule has 1 aromatic carbocycles. The van der Waals surface area contributed by atoms with Gasteiger partial charge in [-0.25, -0.2) is 4.68 Å². The first-order valence-electron chi connectivity index (χ1n) is 7.61. The summed E-state index contributed by atoms with van der Waals surface area (Å²) < 4.78 is 41.7. The van der Waals surface area contributed by atoms with Crippen LogP contribution in [0.1, 0.15) is 21.6 Å². The van der Waals surface area contributed by atoms with Gasteiger partial charge in [0.15, 0.2) is 5.69 Å². The summed E-state index contributed by atoms with van der Waals surface area (Å²) in [5.74, 6) is -0.636. The molecule has 0 saturated carbocycles. The highest BCUT2D eigenvalue weighted by molar-refractivity contribution is 5.95. The van der Waals surface area contributed by atoms with Crippen LogP contribution in [-0.2, 0) is 6.18 Å². The van der Waals surface area contributed by atoms with E-state index in [1.165, 1.54) is 4.90 Å². The number of aryl methyl sites for hydroxylation is 1. The van der Waals surface area contributed by atoms with Gasteiger partial charge in [0.2, 0.25) is 0 Å². The van der Waals surface area contributed by atoms with Gasteiger partial charge in [0.1, 0.15) is 0 Å². The second kappa shape index (κ2) is 6.27. The fourth-order valence-corrected chi connectivity index (χ4v) is 2.80. The lowest BCUT2D eigenvalue weighted by Gasteiger charge is -2.27. The quantitative estimate of drug-likeness (QED) is 0.914. The number of amides is 1. The van der Waals surface area contributed by atoms with Crippen LogP contribution >= 0.6 is 0 Å². The minimum absolute atomic E-state index is 0.309. The Morgan fingerprint density at radius 3 is 2.50 bits per heavy atom. The molecule has 0 aliphatic carbocycles. The van der Waals surface area contributed by atoms with Crippen LogP contribution < -0.4 is 5.32 Å². The summed E-state index contributed by atoms with van der Waals surface area (Å²) in [5, 5.41) is 6.93. The van der Waals surface area contributed by atoms with Gasteiger partial charge in [-0.2, -0.15) is 18.3 Å². The molecule has 0 spiro atoms. The summed E-state index contributed by atoms with van der Waals surface area (Å²) in [4.78, 5) is 14.0. The van der Waals surface area contributed by atoms with E-state index in [0.29, 0.717) is 37.4 Å². The van der Waals surface area contributed by atoms with E-state index in [9.17, 15) is 18.0 Å². The van der Waals surface area contributed by atoms with Crippen LogP contribution in [-0.4, -0.2) is 46.8 Å². The molecular formula is C16H17F3N4O. The average molecular weight is 338 g/mol. The molecular weight excluding hydrogens is 321 g/mol. The molecule has 8 heteroatoms. The Morgan fingerprint density at radius 1 is 1.21 bits per heavy atom. The van der Waals surface area contributed by atoms with Gasteiger partial charge in [0.05, 0.1) is 17.4 Å². The predicted molar refractivity (Wildman–Crippen MR) is 82.1 cm³/mol. The molecule has 1 N–H and O–H groups in total. The van der Waals surface area contributed by atoms with Crippen LogP contribution in [0.5, 0.6) is 0 Å². The molecule has 0 bridgehead atoms. The SMILES string of the molecule is Cc1ccccc1-n1ncc(C(=O)N2CCNCC2)c1C(F)(F)F. The molecule has 1 aliphatic heterocycles. The van der Waals surface area contributed by atoms with E-state index in [0.717, 1.165) is 10.9 Å². The Morgan fingerprint density at radius 2 is 1.88 bits per heavy atom. The van der Waals surface area contributed by atoms with Gasteiger partial charge in [0.25, 0.3) is 5.91 Å². The summed E-state index contributed by atoms with van der Waals surface area (Å²) >= 11 is 0. The van der Waals surface area contributed by atoms with Gasteiger partial charge in [-0.05, 0) is 18.6 Å². The number of nitrogens with one attached hydrogen (secondary N) is 1. The molecule has 1 saturated heterocycles. The average Bonchev–Trinajstić information content (AvgIpc) is 3.00. The molecule has 1 amide bonds. The first-order valence-corrected chi connectivity index (χ1v) is 7.61. The van der Waals surface area contributed by atoms with Crippen LogP contribution in [0.2, 0.25) is 0 Å². The topological polar surface area (TPSA) is 50.2 Å². The van der Waals surface area contributed by atoms with Gasteiger partial charge in [-0.3, -0.25) is 4.79 Å². The third kappa shape index (κ3) is 3.01. The number of aromatic nitrogens is 2. The van der Waals surface area contributed by atoms with Gasteiger partial charge >= 0.3 is 6.18 Å². The lowest BCUT2D eigenvalue weighted by atomic mass is 10.1. The number of piperazine rings is 1. The van der Waals surface area contributed by atoms with E-state index in [2.05, 4.69) is 10.4 Å². The van der Waals surface area contributed by atoms with Gasteiger partial charge < -0.3 is 10.2 Å². The van der Waals surface area contributed by atoms with Crippen LogP contribution in [0.25, 0.3) is 5.69 Å². The van der Waals surface area contributed by atoms with Gasteiger partial charge in [-0.1, -0.05) is 18.2 Å². The number of para-hydroxylation sites is 1. The fraction of sp³-hybridized carbons (Fsp3) is 0.375. The zero-order valence-corrected chi connectivity index (χ0v) is 13.1. The number of nitrogens with zero attached hydrogens (tertiary/aromatic N) is 3. The molecule has 0 radical (unpaired) electrons. The number of carbonyl (C=O) groups excluding carboxylic acids is 1. The Hall–Kier alpha value is -2.35. The van der Waals surface area contributed by atoms with Crippen molar-refractivity contribution < 1.29 is 18.0 Å². The number of benzene rings is 1. The van der Waals surface area contributed by atoms with Crippen LogP contribution in [0.3, 0.4) is 0 Å². The first-order chi connectivity index (χ1) is 11.4. The molecule has 0 atom stereocenters. The molecule has 0 unspecified atom stereocenters. The molecule has 1 aromatic heterocycles. The van der Waals surface area contributed by atoms with Gasteiger partial charge in [-0.15, -0.1) is 0 Å². The number of hydrogen-bond donors (Lipinski definition) is 1. The number of rotatable bonds is 2. The highest BCUT2D eigenvalue weighted by atomic mass is 19.4. The maximum Gasteiger partial charge on any atom is 0.434 e. The standard InChI is InChI=1S/C16H17F3N4O/c1-11-4-2-3-5-13(11)23-14(16(17,18)19)12(10-21-23)15(24)22-8-6-20-7-9-22/h2-5,10,20H,6-9H2,1H3. The third-order valence-electron chi connectivity index (χ3n) is 4.02. The summed E-state index contributed by atoms with van der Waals surface area (Å²) in [6.07, 6.45) is -3.67. The Kier molecular flexibility index (Phi) is 4.31. The normalized spacial score (nSPS) is 15.6. The predicted octanol–water partition coefficient (Wildman–Crippen LogP) is 2.24. The monoisotopic (exact) mass is 338 g/mol. The zero-order valence-electron chi connectivity index (χ0n) is 13.1. The summed E-state index contributed by atoms with van der Waals surface area (Å²) in [5.41, 5.74) is -0.482. The van der Waals surface area contributed by atoms with Crippen molar-refractivity contribution >= 4 is 5.91 Å². The molecule has 1 aliphatic rings. The van der Waals surface area contributed by atoms with Crippen molar-refractivity contribution in [2.75, 3.05) is 26.2 Å². The Bertz CT molecular complexity index is 748. The molecule has 3 rings (SSSR count). The van der Waals surface area contributed by atoms with Gasteiger partial charge in [0, 0.05) is 26.2 Å². The smallest absolute Gasteiger partial charge is 0.336 e. The summed E-state index contributed by atoms with van der Waals surface area (Å²) in [6, 6.07) is 6.63. The van der Waals surface area contributed by atoms with E-state index in [1.54, 1.807) is 31.2 Å². The first kappa shape index (κ1) is 16.5. The van der Waals surface area contributed by atoms with E-state index in [4.69, 9.17) is 0 Å². The molecule has 2 aromatic rings. The minimum atomic E-state index is -4.68. The maximum absolute atomic E-state index is 13.6. The Balaban J connectivity index is 2.08. The van der Waals surface area contributed by atoms with Crippen molar-refractivity contribution in [3.63, 3.8) is 0 Å². The van der Waals surface area contributed by atoms with Crippen LogP contribution in [0.4, 0.5) is 13.2 Å². The van der Waals surface area contributed by atoms with Crippen molar-refractivity contribution in [3.8, 4) is 5.69 Å². The second-order valence-corrected chi connectivity index (χ2v) is 5.65. The van der Waals surface area contributed by atoms with Crippen LogP contribution in [0, 0.1) is 6.92 Å². The third-order valence-corrected chi connectivity index (χ3v) is 4.02. The summed E-state index contributed by atoms with van der Waals surface area (Å²) in [7, 11) is 0. The number of hydrogen-bond acceptors (Lipinski definition) is 3. The largest absolute Gasteiger partial charge is 0.434 e. The Labute approximate surface area is 137 Å². The van der Waals surface area contributed by atoms with E-state index < -0.39 is 23.3 Å². The number of carbonyl (C=O) groups is 1.